The third kappa shape index (κ3) is 4.97. The van der Waals surface area contributed by atoms with Gasteiger partial charge in [-0.05, 0) is 39.0 Å². The number of ether oxygens (including phenoxy) is 1. The minimum Gasteiger partial charge on any atom is -0.492 e. The van der Waals surface area contributed by atoms with Gasteiger partial charge in [0.25, 0.3) is 5.91 Å². The molecule has 0 aliphatic heterocycles. The van der Waals surface area contributed by atoms with E-state index in [-0.39, 0.29) is 35.4 Å². The highest BCUT2D eigenvalue weighted by Gasteiger charge is 2.22. The van der Waals surface area contributed by atoms with E-state index >= 15 is 0 Å². The molecule has 0 aromatic heterocycles. The van der Waals surface area contributed by atoms with Crippen LogP contribution in [0.25, 0.3) is 0 Å². The van der Waals surface area contributed by atoms with E-state index in [1.807, 2.05) is 0 Å². The Labute approximate surface area is 130 Å². The second kappa shape index (κ2) is 8.11. The number of aliphatic hydroxyl groups excluding tert-OH is 1. The van der Waals surface area contributed by atoms with Gasteiger partial charge in [-0.2, -0.15) is 0 Å². The fourth-order valence-electron chi connectivity index (χ4n) is 1.78. The van der Waals surface area contributed by atoms with Crippen LogP contribution in [-0.4, -0.2) is 45.2 Å². The average Bonchev–Trinajstić information content (AvgIpc) is 2.44. The summed E-state index contributed by atoms with van der Waals surface area (Å²) in [4.78, 5) is 11.8. The summed E-state index contributed by atoms with van der Waals surface area (Å²) in [6.45, 7) is 5.36. The normalized spacial score (nSPS) is 11.5. The van der Waals surface area contributed by atoms with Crippen molar-refractivity contribution in [1.82, 2.24) is 10.0 Å². The third-order valence-electron chi connectivity index (χ3n) is 2.58. The number of aliphatic hydroxyl groups is 1. The lowest BCUT2D eigenvalue weighted by Gasteiger charge is -2.15. The molecule has 1 aromatic rings. The summed E-state index contributed by atoms with van der Waals surface area (Å²) in [5, 5.41) is 11.2. The van der Waals surface area contributed by atoms with Gasteiger partial charge in [0.15, 0.2) is 0 Å². The van der Waals surface area contributed by atoms with Crippen LogP contribution in [0.4, 0.5) is 0 Å². The first-order valence-electron chi connectivity index (χ1n) is 7.00. The van der Waals surface area contributed by atoms with Crippen molar-refractivity contribution in [2.75, 3.05) is 19.8 Å². The van der Waals surface area contributed by atoms with Crippen LogP contribution >= 0.6 is 0 Å². The van der Waals surface area contributed by atoms with E-state index in [1.165, 1.54) is 18.2 Å². The molecule has 0 saturated carbocycles. The summed E-state index contributed by atoms with van der Waals surface area (Å²) in [5.41, 5.74) is 0.182. The maximum atomic E-state index is 12.4. The molecule has 0 aliphatic carbocycles. The zero-order valence-corrected chi connectivity index (χ0v) is 13.7. The molecular formula is C14H22N2O5S. The summed E-state index contributed by atoms with van der Waals surface area (Å²) >= 11 is 0. The Hall–Kier alpha value is -1.64. The van der Waals surface area contributed by atoms with E-state index in [0.29, 0.717) is 6.61 Å². The maximum Gasteiger partial charge on any atom is 0.251 e. The third-order valence-corrected chi connectivity index (χ3v) is 4.26. The zero-order chi connectivity index (χ0) is 16.8. The average molecular weight is 330 g/mol. The first-order chi connectivity index (χ1) is 10.3. The summed E-state index contributed by atoms with van der Waals surface area (Å²) < 4.78 is 32.5. The molecule has 7 nitrogen and oxygen atoms in total. The van der Waals surface area contributed by atoms with Gasteiger partial charge in [-0.15, -0.1) is 0 Å². The first kappa shape index (κ1) is 18.4. The molecule has 8 heteroatoms. The SMILES string of the molecule is CCOc1ccc(C(=O)NCCO)cc1S(=O)(=O)NC(C)C. The van der Waals surface area contributed by atoms with E-state index in [2.05, 4.69) is 10.0 Å². The van der Waals surface area contributed by atoms with Gasteiger partial charge in [0, 0.05) is 18.2 Å². The molecule has 22 heavy (non-hydrogen) atoms. The summed E-state index contributed by atoms with van der Waals surface area (Å²) in [6, 6.07) is 3.91. The van der Waals surface area contributed by atoms with E-state index in [4.69, 9.17) is 9.84 Å². The van der Waals surface area contributed by atoms with Crippen molar-refractivity contribution in [3.63, 3.8) is 0 Å². The van der Waals surface area contributed by atoms with Crippen molar-refractivity contribution in [2.45, 2.75) is 31.7 Å². The first-order valence-corrected chi connectivity index (χ1v) is 8.48. The molecule has 1 aromatic carbocycles. The van der Waals surface area contributed by atoms with E-state index in [0.717, 1.165) is 0 Å². The lowest BCUT2D eigenvalue weighted by molar-refractivity contribution is 0.0944. The Balaban J connectivity index is 3.23. The number of hydrogen-bond donors (Lipinski definition) is 3. The van der Waals surface area contributed by atoms with Crippen molar-refractivity contribution in [1.29, 1.82) is 0 Å². The fraction of sp³-hybridized carbons (Fsp3) is 0.500. The molecule has 0 atom stereocenters. The molecule has 1 rings (SSSR count). The molecule has 0 radical (unpaired) electrons. The standard InChI is InChI=1S/C14H22N2O5S/c1-4-21-12-6-5-11(14(18)15-7-8-17)9-13(12)22(19,20)16-10(2)3/h5-6,9-10,16-17H,4,7-8H2,1-3H3,(H,15,18). The predicted molar refractivity (Wildman–Crippen MR) is 82.5 cm³/mol. The number of rotatable bonds is 8. The van der Waals surface area contributed by atoms with Crippen LogP contribution in [0.15, 0.2) is 23.1 Å². The molecule has 0 aliphatic rings. The molecule has 124 valence electrons. The van der Waals surface area contributed by atoms with Crippen LogP contribution in [-0.2, 0) is 10.0 Å². The monoisotopic (exact) mass is 330 g/mol. The highest BCUT2D eigenvalue weighted by molar-refractivity contribution is 7.89. The Morgan fingerprint density at radius 3 is 2.59 bits per heavy atom. The number of carbonyl (C=O) groups excluding carboxylic acids is 1. The Kier molecular flexibility index (Phi) is 6.79. The number of hydrogen-bond acceptors (Lipinski definition) is 5. The molecule has 0 heterocycles. The van der Waals surface area contributed by atoms with Crippen LogP contribution in [0.2, 0.25) is 0 Å². The molecule has 1 amide bonds. The Bertz CT molecular complexity index is 614. The molecule has 0 fully saturated rings. The van der Waals surface area contributed by atoms with Gasteiger partial charge in [-0.25, -0.2) is 13.1 Å². The smallest absolute Gasteiger partial charge is 0.251 e. The van der Waals surface area contributed by atoms with Crippen molar-refractivity contribution in [3.8, 4) is 5.75 Å². The van der Waals surface area contributed by atoms with Crippen LogP contribution in [0.3, 0.4) is 0 Å². The molecule has 0 bridgehead atoms. The number of benzene rings is 1. The second-order valence-electron chi connectivity index (χ2n) is 4.85. The topological polar surface area (TPSA) is 105 Å². The number of carbonyl (C=O) groups is 1. The van der Waals surface area contributed by atoms with E-state index in [1.54, 1.807) is 20.8 Å². The van der Waals surface area contributed by atoms with Gasteiger partial charge < -0.3 is 15.2 Å². The quantitative estimate of drug-likeness (QED) is 0.643. The van der Waals surface area contributed by atoms with Crippen LogP contribution < -0.4 is 14.8 Å². The van der Waals surface area contributed by atoms with Gasteiger partial charge in [-0.3, -0.25) is 4.79 Å². The number of amides is 1. The predicted octanol–water partition coefficient (Wildman–Crippen LogP) is 0.494. The van der Waals surface area contributed by atoms with E-state index in [9.17, 15) is 13.2 Å². The van der Waals surface area contributed by atoms with Gasteiger partial charge >= 0.3 is 0 Å². The summed E-state index contributed by atoms with van der Waals surface area (Å²) in [6.07, 6.45) is 0. The van der Waals surface area contributed by atoms with Crippen molar-refractivity contribution < 1.29 is 23.1 Å². The van der Waals surface area contributed by atoms with Gasteiger partial charge in [0.1, 0.15) is 10.6 Å². The Morgan fingerprint density at radius 2 is 2.05 bits per heavy atom. The summed E-state index contributed by atoms with van der Waals surface area (Å²) in [5.74, 6) is -0.271. The highest BCUT2D eigenvalue weighted by atomic mass is 32.2. The van der Waals surface area contributed by atoms with Gasteiger partial charge in [-0.1, -0.05) is 0 Å². The second-order valence-corrected chi connectivity index (χ2v) is 6.53. The minimum absolute atomic E-state index is 0.0836. The minimum atomic E-state index is -3.79. The van der Waals surface area contributed by atoms with Crippen LogP contribution in [0, 0.1) is 0 Å². The van der Waals surface area contributed by atoms with Crippen LogP contribution in [0.1, 0.15) is 31.1 Å². The van der Waals surface area contributed by atoms with Crippen molar-refractivity contribution in [2.24, 2.45) is 0 Å². The lowest BCUT2D eigenvalue weighted by atomic mass is 10.2. The van der Waals surface area contributed by atoms with Gasteiger partial charge in [0.05, 0.1) is 13.2 Å². The number of nitrogens with one attached hydrogen (secondary N) is 2. The van der Waals surface area contributed by atoms with Crippen molar-refractivity contribution in [3.05, 3.63) is 23.8 Å². The maximum absolute atomic E-state index is 12.4. The zero-order valence-electron chi connectivity index (χ0n) is 12.9. The summed E-state index contributed by atoms with van der Waals surface area (Å²) in [7, 11) is -3.79. The number of sulfonamides is 1. The van der Waals surface area contributed by atoms with Crippen LogP contribution in [0.5, 0.6) is 5.75 Å². The largest absolute Gasteiger partial charge is 0.492 e. The molecule has 3 N–H and O–H groups in total. The molecule has 0 unspecified atom stereocenters. The lowest BCUT2D eigenvalue weighted by Crippen LogP contribution is -2.31. The molecule has 0 saturated heterocycles. The van der Waals surface area contributed by atoms with Crippen molar-refractivity contribution >= 4 is 15.9 Å². The van der Waals surface area contributed by atoms with Gasteiger partial charge in [0.2, 0.25) is 10.0 Å². The molecule has 0 spiro atoms. The Morgan fingerprint density at radius 1 is 1.36 bits per heavy atom. The highest BCUT2D eigenvalue weighted by Crippen LogP contribution is 2.25. The molecular weight excluding hydrogens is 308 g/mol. The fourth-order valence-corrected chi connectivity index (χ4v) is 3.20. The van der Waals surface area contributed by atoms with E-state index < -0.39 is 15.9 Å².